The van der Waals surface area contributed by atoms with Gasteiger partial charge in [-0.05, 0) is 44.9 Å². The van der Waals surface area contributed by atoms with Crippen LogP contribution in [-0.2, 0) is 16.1 Å². The molecule has 0 saturated carbocycles. The number of piperidine rings is 1. The number of nitrogens with one attached hydrogen (secondary N) is 2. The van der Waals surface area contributed by atoms with Crippen LogP contribution >= 0.6 is 0 Å². The second-order valence-corrected chi connectivity index (χ2v) is 7.19. The van der Waals surface area contributed by atoms with Gasteiger partial charge in [0.1, 0.15) is 11.4 Å². The van der Waals surface area contributed by atoms with Crippen LogP contribution in [0.25, 0.3) is 0 Å². The van der Waals surface area contributed by atoms with Gasteiger partial charge in [0.2, 0.25) is 5.91 Å². The van der Waals surface area contributed by atoms with Crippen molar-refractivity contribution in [2.75, 3.05) is 18.9 Å². The summed E-state index contributed by atoms with van der Waals surface area (Å²) in [6.07, 6.45) is 4.85. The highest BCUT2D eigenvalue weighted by Crippen LogP contribution is 2.38. The lowest BCUT2D eigenvalue weighted by Crippen LogP contribution is -2.48. The Bertz CT molecular complexity index is 688. The minimum atomic E-state index is 0.0129. The van der Waals surface area contributed by atoms with E-state index >= 15 is 0 Å². The molecule has 0 aromatic heterocycles. The Kier molecular flexibility index (Phi) is 4.00. The van der Waals surface area contributed by atoms with Crippen molar-refractivity contribution < 1.29 is 4.79 Å². The summed E-state index contributed by atoms with van der Waals surface area (Å²) in [5.41, 5.74) is 2.35. The second-order valence-electron chi connectivity index (χ2n) is 6.66. The molecule has 7 heteroatoms. The Morgan fingerprint density at radius 3 is 2.91 bits per heavy atom. The average Bonchev–Trinajstić information content (AvgIpc) is 3.14. The summed E-state index contributed by atoms with van der Waals surface area (Å²) >= 11 is 1.17. The first-order chi connectivity index (χ1) is 11.2. The van der Waals surface area contributed by atoms with Crippen molar-refractivity contribution in [1.29, 1.82) is 0 Å². The minimum Gasteiger partial charge on any atom is -0.323 e. The molecule has 3 aliphatic heterocycles. The highest BCUT2D eigenvalue weighted by molar-refractivity contribution is 7.58. The average molecular weight is 331 g/mol. The molecular formula is C16H21N5OS. The van der Waals surface area contributed by atoms with Crippen LogP contribution in [-0.4, -0.2) is 42.5 Å². The molecule has 1 aromatic rings. The van der Waals surface area contributed by atoms with Crippen molar-refractivity contribution >= 4 is 34.3 Å². The van der Waals surface area contributed by atoms with E-state index < -0.39 is 0 Å². The first-order valence-electron chi connectivity index (χ1n) is 8.16. The smallest absolute Gasteiger partial charge is 0.238 e. The predicted octanol–water partition coefficient (Wildman–Crippen LogP) is 2.57. The van der Waals surface area contributed by atoms with Crippen LogP contribution in [0.4, 0.5) is 17.1 Å². The summed E-state index contributed by atoms with van der Waals surface area (Å²) in [5, 5.41) is 6.63. The third-order valence-corrected chi connectivity index (χ3v) is 5.57. The molecule has 122 valence electrons. The fraction of sp³-hybridized carbons (Fsp3) is 0.562. The Balaban J connectivity index is 1.37. The molecule has 2 saturated heterocycles. The Morgan fingerprint density at radius 1 is 1.35 bits per heavy atom. The summed E-state index contributed by atoms with van der Waals surface area (Å²) < 4.78 is 8.47. The highest BCUT2D eigenvalue weighted by Gasteiger charge is 2.35. The molecule has 2 fully saturated rings. The largest absolute Gasteiger partial charge is 0.323 e. The molecule has 1 amide bonds. The van der Waals surface area contributed by atoms with Crippen LogP contribution in [0.15, 0.2) is 26.9 Å². The number of anilines is 1. The van der Waals surface area contributed by atoms with Crippen molar-refractivity contribution in [2.24, 2.45) is 8.73 Å². The zero-order valence-corrected chi connectivity index (χ0v) is 14.0. The van der Waals surface area contributed by atoms with Crippen LogP contribution in [0, 0.1) is 0 Å². The Hall–Kier alpha value is -1.57. The molecule has 2 N–H and O–H groups in total. The number of nitrogens with zero attached hydrogens (tertiary/aromatic N) is 3. The summed E-state index contributed by atoms with van der Waals surface area (Å²) in [7, 11) is 2.06. The van der Waals surface area contributed by atoms with Gasteiger partial charge < -0.3 is 10.6 Å². The molecular weight excluding hydrogens is 310 g/mol. The first-order valence-corrected chi connectivity index (χ1v) is 8.89. The lowest BCUT2D eigenvalue weighted by molar-refractivity contribution is -0.117. The van der Waals surface area contributed by atoms with E-state index in [1.54, 1.807) is 0 Å². The van der Waals surface area contributed by atoms with Crippen LogP contribution in [0.3, 0.4) is 0 Å². The van der Waals surface area contributed by atoms with Crippen molar-refractivity contribution in [2.45, 2.75) is 43.8 Å². The topological polar surface area (TPSA) is 69.1 Å². The maximum atomic E-state index is 12.4. The standard InChI is InChI=1S/C16H21N5OS/c1-21(12-7-10-5-6-11(8-12)17-10)9-15(22)18-13-3-2-4-14-16(13)20-23-19-14/h2-4,10-12,17H,5-9H2,1H3,(H,18,22). The van der Waals surface area contributed by atoms with Crippen molar-refractivity contribution in [1.82, 2.24) is 10.2 Å². The van der Waals surface area contributed by atoms with Crippen LogP contribution < -0.4 is 10.6 Å². The molecule has 3 heterocycles. The van der Waals surface area contributed by atoms with E-state index in [1.165, 1.54) is 24.2 Å². The van der Waals surface area contributed by atoms with Crippen LogP contribution in [0.2, 0.25) is 0 Å². The minimum absolute atomic E-state index is 0.0129. The summed E-state index contributed by atoms with van der Waals surface area (Å²) in [6.45, 7) is 0.415. The van der Waals surface area contributed by atoms with Gasteiger partial charge >= 0.3 is 0 Å². The number of hydrogen-bond acceptors (Lipinski definition) is 5. The normalized spacial score (nSPS) is 27.8. The lowest BCUT2D eigenvalue weighted by Gasteiger charge is -2.35. The second kappa shape index (κ2) is 6.14. The lowest BCUT2D eigenvalue weighted by atomic mass is 9.98. The number of carbonyl (C=O) groups is 1. The van der Waals surface area contributed by atoms with E-state index in [-0.39, 0.29) is 5.91 Å². The third-order valence-electron chi connectivity index (χ3n) is 5.02. The maximum absolute atomic E-state index is 12.4. The van der Waals surface area contributed by atoms with Gasteiger partial charge in [-0.25, -0.2) is 0 Å². The van der Waals surface area contributed by atoms with Crippen molar-refractivity contribution in [3.63, 3.8) is 0 Å². The van der Waals surface area contributed by atoms with Gasteiger partial charge in [-0.1, -0.05) is 6.07 Å². The fourth-order valence-electron chi connectivity index (χ4n) is 3.84. The number of hydrogen-bond donors (Lipinski definition) is 2. The van der Waals surface area contributed by atoms with E-state index in [0.29, 0.717) is 24.7 Å². The summed E-state index contributed by atoms with van der Waals surface area (Å²) in [5.74, 6) is 0.0129. The number of likely N-dealkylation sites (N-methyl/N-ethyl adjacent to an activating group) is 1. The van der Waals surface area contributed by atoms with E-state index in [0.717, 1.165) is 29.9 Å². The zero-order valence-electron chi connectivity index (χ0n) is 13.2. The first kappa shape index (κ1) is 15.0. The fourth-order valence-corrected chi connectivity index (χ4v) is 4.39. The Morgan fingerprint density at radius 2 is 2.13 bits per heavy atom. The molecule has 3 aliphatic rings. The maximum Gasteiger partial charge on any atom is 0.238 e. The quantitative estimate of drug-likeness (QED) is 0.905. The zero-order chi connectivity index (χ0) is 15.8. The van der Waals surface area contributed by atoms with Gasteiger partial charge in [0.05, 0.1) is 23.6 Å². The van der Waals surface area contributed by atoms with E-state index in [9.17, 15) is 4.79 Å². The molecule has 0 spiro atoms. The molecule has 0 radical (unpaired) electrons. The SMILES string of the molecule is CN(CC(=O)Nc1cccc2c1N=S=N2)C1CC2CCC(C1)N2. The number of amides is 1. The van der Waals surface area contributed by atoms with Crippen molar-refractivity contribution in [3.8, 4) is 0 Å². The molecule has 2 bridgehead atoms. The molecule has 0 aliphatic carbocycles. The van der Waals surface area contributed by atoms with E-state index in [1.807, 2.05) is 18.2 Å². The van der Waals surface area contributed by atoms with Gasteiger partial charge in [-0.3, -0.25) is 9.69 Å². The predicted molar refractivity (Wildman–Crippen MR) is 92.2 cm³/mol. The summed E-state index contributed by atoms with van der Waals surface area (Å²) in [4.78, 5) is 14.6. The van der Waals surface area contributed by atoms with Gasteiger partial charge in [0.25, 0.3) is 0 Å². The third kappa shape index (κ3) is 3.08. The van der Waals surface area contributed by atoms with Gasteiger partial charge in [0.15, 0.2) is 0 Å². The Labute approximate surface area is 139 Å². The molecule has 4 rings (SSSR count). The van der Waals surface area contributed by atoms with Gasteiger partial charge in [-0.2, -0.15) is 8.73 Å². The number of fused-ring (bicyclic) bond motifs is 3. The van der Waals surface area contributed by atoms with Gasteiger partial charge in [0, 0.05) is 18.1 Å². The monoisotopic (exact) mass is 331 g/mol. The highest BCUT2D eigenvalue weighted by atomic mass is 32.1. The number of carbonyl (C=O) groups excluding carboxylic acids is 1. The van der Waals surface area contributed by atoms with E-state index in [2.05, 4.69) is 31.3 Å². The molecule has 23 heavy (non-hydrogen) atoms. The number of rotatable bonds is 4. The summed E-state index contributed by atoms with van der Waals surface area (Å²) in [6, 6.07) is 7.46. The molecule has 1 aromatic carbocycles. The number of benzene rings is 1. The van der Waals surface area contributed by atoms with Crippen molar-refractivity contribution in [3.05, 3.63) is 18.2 Å². The molecule has 6 nitrogen and oxygen atoms in total. The van der Waals surface area contributed by atoms with Crippen LogP contribution in [0.5, 0.6) is 0 Å². The van der Waals surface area contributed by atoms with E-state index in [4.69, 9.17) is 0 Å². The van der Waals surface area contributed by atoms with Gasteiger partial charge in [-0.15, -0.1) is 0 Å². The molecule has 2 unspecified atom stereocenters. The van der Waals surface area contributed by atoms with Crippen LogP contribution in [0.1, 0.15) is 25.7 Å². The molecule has 2 atom stereocenters.